The third-order valence-corrected chi connectivity index (χ3v) is 5.36. The molecule has 0 radical (unpaired) electrons. The molecule has 1 saturated heterocycles. The molecule has 118 valence electrons. The Morgan fingerprint density at radius 2 is 2.00 bits per heavy atom. The molecule has 0 spiro atoms. The van der Waals surface area contributed by atoms with Gasteiger partial charge in [-0.3, -0.25) is 4.90 Å². The first kappa shape index (κ1) is 17.1. The SMILES string of the molecule is Cl.NC1CCCC2CN(Cc3c(F)ccc(Br)c3F)CC12. The van der Waals surface area contributed by atoms with Crippen molar-refractivity contribution in [3.05, 3.63) is 33.8 Å². The van der Waals surface area contributed by atoms with Crippen LogP contribution in [0.3, 0.4) is 0 Å². The van der Waals surface area contributed by atoms with E-state index in [0.29, 0.717) is 22.9 Å². The van der Waals surface area contributed by atoms with E-state index >= 15 is 0 Å². The molecule has 21 heavy (non-hydrogen) atoms. The highest BCUT2D eigenvalue weighted by Crippen LogP contribution is 2.36. The molecule has 1 heterocycles. The topological polar surface area (TPSA) is 29.3 Å². The predicted molar refractivity (Wildman–Crippen MR) is 85.4 cm³/mol. The minimum absolute atomic E-state index is 0. The molecule has 1 aromatic rings. The van der Waals surface area contributed by atoms with Gasteiger partial charge in [-0.05, 0) is 52.7 Å². The smallest absolute Gasteiger partial charge is 0.144 e. The van der Waals surface area contributed by atoms with Crippen molar-refractivity contribution in [2.45, 2.75) is 31.8 Å². The number of benzene rings is 1. The van der Waals surface area contributed by atoms with Crippen molar-refractivity contribution in [2.75, 3.05) is 13.1 Å². The van der Waals surface area contributed by atoms with Gasteiger partial charge in [-0.1, -0.05) is 6.42 Å². The van der Waals surface area contributed by atoms with E-state index in [4.69, 9.17) is 5.73 Å². The fourth-order valence-electron chi connectivity index (χ4n) is 3.68. The fraction of sp³-hybridized carbons (Fsp3) is 0.600. The first-order valence-corrected chi connectivity index (χ1v) is 7.96. The van der Waals surface area contributed by atoms with E-state index in [1.807, 2.05) is 0 Å². The van der Waals surface area contributed by atoms with Crippen molar-refractivity contribution < 1.29 is 8.78 Å². The standard InChI is InChI=1S/C15H19BrF2N2.ClH/c16-12-4-5-13(17)11(15(12)18)8-20-6-9-2-1-3-14(19)10(9)7-20;/h4-5,9-10,14H,1-3,6-8,19H2;1H. The summed E-state index contributed by atoms with van der Waals surface area (Å²) in [6, 6.07) is 2.97. The Balaban J connectivity index is 0.00000161. The van der Waals surface area contributed by atoms with Crippen LogP contribution in [0, 0.1) is 23.5 Å². The lowest BCUT2D eigenvalue weighted by Gasteiger charge is -2.29. The molecular weight excluding hydrogens is 362 g/mol. The summed E-state index contributed by atoms with van der Waals surface area (Å²) >= 11 is 3.12. The highest BCUT2D eigenvalue weighted by Gasteiger charge is 2.38. The summed E-state index contributed by atoms with van der Waals surface area (Å²) in [6.07, 6.45) is 3.45. The van der Waals surface area contributed by atoms with Gasteiger partial charge >= 0.3 is 0 Å². The number of fused-ring (bicyclic) bond motifs is 1. The molecule has 0 amide bonds. The lowest BCUT2D eigenvalue weighted by molar-refractivity contribution is 0.259. The Kier molecular flexibility index (Phi) is 5.63. The van der Waals surface area contributed by atoms with Crippen LogP contribution in [0.25, 0.3) is 0 Å². The van der Waals surface area contributed by atoms with Gasteiger partial charge in [-0.25, -0.2) is 8.78 Å². The molecule has 1 aliphatic carbocycles. The largest absolute Gasteiger partial charge is 0.327 e. The normalized spacial score (nSPS) is 29.0. The third-order valence-electron chi connectivity index (χ3n) is 4.75. The highest BCUT2D eigenvalue weighted by molar-refractivity contribution is 9.10. The van der Waals surface area contributed by atoms with Crippen LogP contribution in [-0.4, -0.2) is 24.0 Å². The van der Waals surface area contributed by atoms with Crippen molar-refractivity contribution in [1.82, 2.24) is 4.90 Å². The first-order valence-electron chi connectivity index (χ1n) is 7.16. The predicted octanol–water partition coefficient (Wildman–Crippen LogP) is 3.71. The van der Waals surface area contributed by atoms with Crippen LogP contribution < -0.4 is 5.73 Å². The molecule has 6 heteroatoms. The zero-order valence-electron chi connectivity index (χ0n) is 11.7. The summed E-state index contributed by atoms with van der Waals surface area (Å²) in [5.74, 6) is 0.132. The van der Waals surface area contributed by atoms with Gasteiger partial charge in [0.1, 0.15) is 11.6 Å². The van der Waals surface area contributed by atoms with E-state index < -0.39 is 11.6 Å². The average Bonchev–Trinajstić information content (AvgIpc) is 2.83. The average molecular weight is 382 g/mol. The van der Waals surface area contributed by atoms with Crippen LogP contribution >= 0.6 is 28.3 Å². The van der Waals surface area contributed by atoms with Gasteiger partial charge in [0, 0.05) is 31.2 Å². The number of hydrogen-bond donors (Lipinski definition) is 1. The minimum atomic E-state index is -0.482. The van der Waals surface area contributed by atoms with Crippen molar-refractivity contribution >= 4 is 28.3 Å². The van der Waals surface area contributed by atoms with Crippen molar-refractivity contribution in [2.24, 2.45) is 17.6 Å². The number of nitrogens with two attached hydrogens (primary N) is 1. The van der Waals surface area contributed by atoms with Gasteiger partial charge in [0.2, 0.25) is 0 Å². The summed E-state index contributed by atoms with van der Waals surface area (Å²) in [5.41, 5.74) is 6.34. The highest BCUT2D eigenvalue weighted by atomic mass is 79.9. The van der Waals surface area contributed by atoms with E-state index in [1.54, 1.807) is 0 Å². The Labute approximate surface area is 138 Å². The number of rotatable bonds is 2. The molecule has 2 N–H and O–H groups in total. The molecule has 0 aromatic heterocycles. The summed E-state index contributed by atoms with van der Waals surface area (Å²) in [7, 11) is 0. The van der Waals surface area contributed by atoms with Gasteiger partial charge in [-0.2, -0.15) is 0 Å². The molecule has 3 unspecified atom stereocenters. The Morgan fingerprint density at radius 1 is 1.24 bits per heavy atom. The zero-order valence-corrected chi connectivity index (χ0v) is 14.1. The molecule has 2 nitrogen and oxygen atoms in total. The Morgan fingerprint density at radius 3 is 2.71 bits per heavy atom. The Bertz CT molecular complexity index is 515. The first-order chi connectivity index (χ1) is 9.56. The minimum Gasteiger partial charge on any atom is -0.327 e. The maximum absolute atomic E-state index is 14.0. The lowest BCUT2D eigenvalue weighted by Crippen LogP contribution is -2.38. The summed E-state index contributed by atoms with van der Waals surface area (Å²) in [4.78, 5) is 2.15. The van der Waals surface area contributed by atoms with Gasteiger partial charge in [0.05, 0.1) is 4.47 Å². The second-order valence-corrected chi connectivity index (χ2v) is 6.89. The lowest BCUT2D eigenvalue weighted by atomic mass is 9.78. The van der Waals surface area contributed by atoms with Crippen LogP contribution in [0.5, 0.6) is 0 Å². The van der Waals surface area contributed by atoms with Gasteiger partial charge in [-0.15, -0.1) is 12.4 Å². The molecule has 2 fully saturated rings. The summed E-state index contributed by atoms with van der Waals surface area (Å²) in [5, 5.41) is 0. The van der Waals surface area contributed by atoms with Gasteiger partial charge < -0.3 is 5.73 Å². The number of nitrogens with zero attached hydrogens (tertiary/aromatic N) is 1. The molecule has 0 bridgehead atoms. The number of halogens is 4. The Hall–Kier alpha value is -0.230. The quantitative estimate of drug-likeness (QED) is 0.791. The second-order valence-electron chi connectivity index (χ2n) is 6.03. The van der Waals surface area contributed by atoms with Crippen LogP contribution in [0.15, 0.2) is 16.6 Å². The van der Waals surface area contributed by atoms with Crippen LogP contribution in [0.4, 0.5) is 8.78 Å². The summed E-state index contributed by atoms with van der Waals surface area (Å²) in [6.45, 7) is 2.10. The van der Waals surface area contributed by atoms with Crippen molar-refractivity contribution in [1.29, 1.82) is 0 Å². The third kappa shape index (κ3) is 3.41. The van der Waals surface area contributed by atoms with Crippen LogP contribution in [0.1, 0.15) is 24.8 Å². The van der Waals surface area contributed by atoms with E-state index in [9.17, 15) is 8.78 Å². The van der Waals surface area contributed by atoms with E-state index in [0.717, 1.165) is 19.5 Å². The van der Waals surface area contributed by atoms with E-state index in [-0.39, 0.29) is 24.0 Å². The number of likely N-dealkylation sites (tertiary alicyclic amines) is 1. The molecule has 3 atom stereocenters. The molecule has 1 aliphatic heterocycles. The summed E-state index contributed by atoms with van der Waals surface area (Å²) < 4.78 is 28.2. The monoisotopic (exact) mass is 380 g/mol. The molecule has 1 saturated carbocycles. The molecule has 1 aromatic carbocycles. The van der Waals surface area contributed by atoms with Gasteiger partial charge in [0.15, 0.2) is 0 Å². The second kappa shape index (κ2) is 6.90. The van der Waals surface area contributed by atoms with Crippen molar-refractivity contribution in [3.63, 3.8) is 0 Å². The maximum atomic E-state index is 14.0. The molecule has 2 aliphatic rings. The maximum Gasteiger partial charge on any atom is 0.144 e. The van der Waals surface area contributed by atoms with Gasteiger partial charge in [0.25, 0.3) is 0 Å². The van der Waals surface area contributed by atoms with Crippen LogP contribution in [-0.2, 0) is 6.54 Å². The molecule has 3 rings (SSSR count). The number of hydrogen-bond acceptors (Lipinski definition) is 2. The van der Waals surface area contributed by atoms with Crippen LogP contribution in [0.2, 0.25) is 0 Å². The van der Waals surface area contributed by atoms with Crippen molar-refractivity contribution in [3.8, 4) is 0 Å². The van der Waals surface area contributed by atoms with E-state index in [2.05, 4.69) is 20.8 Å². The zero-order chi connectivity index (χ0) is 14.3. The molecular formula is C15H20BrClF2N2. The van der Waals surface area contributed by atoms with E-state index in [1.165, 1.54) is 25.0 Å². The fourth-order valence-corrected chi connectivity index (χ4v) is 4.05.